The Morgan fingerprint density at radius 1 is 1.15 bits per heavy atom. The predicted octanol–water partition coefficient (Wildman–Crippen LogP) is 3.16. The third-order valence-electron chi connectivity index (χ3n) is 2.98. The van der Waals surface area contributed by atoms with E-state index in [1.54, 1.807) is 31.3 Å². The van der Waals surface area contributed by atoms with Crippen molar-refractivity contribution in [2.75, 3.05) is 17.7 Å². The largest absolute Gasteiger partial charge is 0.387 e. The lowest BCUT2D eigenvalue weighted by atomic mass is 10.1. The number of nitrogens with zero attached hydrogens (tertiary/aromatic N) is 1. The molecule has 4 heteroatoms. The fourth-order valence-electron chi connectivity index (χ4n) is 1.94. The number of anilines is 2. The van der Waals surface area contributed by atoms with Crippen molar-refractivity contribution >= 4 is 17.3 Å². The summed E-state index contributed by atoms with van der Waals surface area (Å²) >= 11 is 0. The maximum atomic E-state index is 12.4. The number of carbonyl (C=O) groups is 1. The zero-order valence-electron chi connectivity index (χ0n) is 11.4. The Labute approximate surface area is 118 Å². The highest BCUT2D eigenvalue weighted by atomic mass is 16.1. The first-order valence-corrected chi connectivity index (χ1v) is 6.24. The number of amides is 1. The topological polar surface area (TPSA) is 64.9 Å². The highest BCUT2D eigenvalue weighted by Crippen LogP contribution is 2.20. The Balaban J connectivity index is 2.33. The molecule has 0 fully saturated rings. The number of benzene rings is 2. The van der Waals surface area contributed by atoms with Crippen LogP contribution in [0.15, 0.2) is 42.5 Å². The quantitative estimate of drug-likeness (QED) is 0.896. The molecular formula is C16H15N3O. The Bertz CT molecular complexity index is 686. The van der Waals surface area contributed by atoms with Gasteiger partial charge in [-0.15, -0.1) is 0 Å². The molecule has 1 amide bonds. The predicted molar refractivity (Wildman–Crippen MR) is 79.8 cm³/mol. The second kappa shape index (κ2) is 5.89. The average molecular weight is 265 g/mol. The van der Waals surface area contributed by atoms with E-state index in [-0.39, 0.29) is 5.91 Å². The van der Waals surface area contributed by atoms with Crippen LogP contribution < -0.4 is 10.6 Å². The highest BCUT2D eigenvalue weighted by Gasteiger charge is 2.12. The summed E-state index contributed by atoms with van der Waals surface area (Å²) in [5.74, 6) is -0.235. The normalized spacial score (nSPS) is 9.65. The van der Waals surface area contributed by atoms with Gasteiger partial charge in [0.1, 0.15) is 6.07 Å². The van der Waals surface area contributed by atoms with Gasteiger partial charge in [-0.05, 0) is 31.2 Å². The van der Waals surface area contributed by atoms with E-state index in [0.29, 0.717) is 16.8 Å². The lowest BCUT2D eigenvalue weighted by molar-refractivity contribution is 0.102. The SMILES string of the molecule is CNc1ccc(C)cc1C(=O)Nc1ccccc1C#N. The van der Waals surface area contributed by atoms with E-state index >= 15 is 0 Å². The Morgan fingerprint density at radius 3 is 2.60 bits per heavy atom. The molecule has 0 aliphatic rings. The molecule has 4 nitrogen and oxygen atoms in total. The second-order valence-electron chi connectivity index (χ2n) is 4.41. The van der Waals surface area contributed by atoms with Gasteiger partial charge in [-0.3, -0.25) is 4.79 Å². The van der Waals surface area contributed by atoms with E-state index in [1.165, 1.54) is 0 Å². The minimum Gasteiger partial charge on any atom is -0.387 e. The molecule has 0 atom stereocenters. The molecule has 20 heavy (non-hydrogen) atoms. The van der Waals surface area contributed by atoms with Crippen molar-refractivity contribution in [1.29, 1.82) is 5.26 Å². The number of aryl methyl sites for hydroxylation is 1. The van der Waals surface area contributed by atoms with E-state index in [1.807, 2.05) is 25.1 Å². The van der Waals surface area contributed by atoms with Gasteiger partial charge in [0, 0.05) is 12.7 Å². The van der Waals surface area contributed by atoms with Gasteiger partial charge in [0.2, 0.25) is 0 Å². The number of hydrogen-bond donors (Lipinski definition) is 2. The number of carbonyl (C=O) groups excluding carboxylic acids is 1. The van der Waals surface area contributed by atoms with Crippen molar-refractivity contribution in [3.05, 3.63) is 59.2 Å². The third kappa shape index (κ3) is 2.78. The molecule has 0 saturated carbocycles. The van der Waals surface area contributed by atoms with Crippen LogP contribution in [0.3, 0.4) is 0 Å². The highest BCUT2D eigenvalue weighted by molar-refractivity contribution is 6.08. The molecule has 0 bridgehead atoms. The minimum atomic E-state index is -0.235. The number of hydrogen-bond acceptors (Lipinski definition) is 3. The van der Waals surface area contributed by atoms with Crippen LogP contribution in [0.2, 0.25) is 0 Å². The van der Waals surface area contributed by atoms with Gasteiger partial charge >= 0.3 is 0 Å². The molecule has 2 aromatic carbocycles. The van der Waals surface area contributed by atoms with Crippen molar-refractivity contribution < 1.29 is 4.79 Å². The van der Waals surface area contributed by atoms with Crippen molar-refractivity contribution in [2.24, 2.45) is 0 Å². The number of nitriles is 1. The molecule has 0 aliphatic carbocycles. The second-order valence-corrected chi connectivity index (χ2v) is 4.41. The summed E-state index contributed by atoms with van der Waals surface area (Å²) < 4.78 is 0. The summed E-state index contributed by atoms with van der Waals surface area (Å²) in [6.45, 7) is 1.93. The van der Waals surface area contributed by atoms with Gasteiger partial charge in [-0.1, -0.05) is 23.8 Å². The van der Waals surface area contributed by atoms with E-state index in [9.17, 15) is 4.79 Å². The van der Waals surface area contributed by atoms with E-state index < -0.39 is 0 Å². The van der Waals surface area contributed by atoms with E-state index in [0.717, 1.165) is 11.3 Å². The van der Waals surface area contributed by atoms with Crippen LogP contribution in [0, 0.1) is 18.3 Å². The average Bonchev–Trinajstić information content (AvgIpc) is 2.47. The van der Waals surface area contributed by atoms with Crippen LogP contribution in [-0.4, -0.2) is 13.0 Å². The van der Waals surface area contributed by atoms with Crippen LogP contribution in [0.25, 0.3) is 0 Å². The molecule has 2 N–H and O–H groups in total. The summed E-state index contributed by atoms with van der Waals surface area (Å²) in [5.41, 5.74) is 3.27. The zero-order chi connectivity index (χ0) is 14.5. The number of para-hydroxylation sites is 1. The van der Waals surface area contributed by atoms with Gasteiger partial charge in [0.05, 0.1) is 16.8 Å². The molecule has 0 saturated heterocycles. The van der Waals surface area contributed by atoms with E-state index in [2.05, 4.69) is 16.7 Å². The zero-order valence-corrected chi connectivity index (χ0v) is 11.4. The van der Waals surface area contributed by atoms with Crippen molar-refractivity contribution in [3.63, 3.8) is 0 Å². The molecule has 2 aromatic rings. The Kier molecular flexibility index (Phi) is 4.02. The fraction of sp³-hybridized carbons (Fsp3) is 0.125. The molecule has 0 spiro atoms. The van der Waals surface area contributed by atoms with Crippen LogP contribution in [0.4, 0.5) is 11.4 Å². The molecule has 0 aromatic heterocycles. The fourth-order valence-corrected chi connectivity index (χ4v) is 1.94. The first-order valence-electron chi connectivity index (χ1n) is 6.24. The first-order chi connectivity index (χ1) is 9.65. The third-order valence-corrected chi connectivity index (χ3v) is 2.98. The smallest absolute Gasteiger partial charge is 0.257 e. The van der Waals surface area contributed by atoms with Gasteiger partial charge in [0.15, 0.2) is 0 Å². The summed E-state index contributed by atoms with van der Waals surface area (Å²) in [7, 11) is 1.77. The maximum Gasteiger partial charge on any atom is 0.257 e. The van der Waals surface area contributed by atoms with Crippen LogP contribution in [-0.2, 0) is 0 Å². The van der Waals surface area contributed by atoms with Gasteiger partial charge < -0.3 is 10.6 Å². The van der Waals surface area contributed by atoms with Gasteiger partial charge in [0.25, 0.3) is 5.91 Å². The molecule has 0 unspecified atom stereocenters. The summed E-state index contributed by atoms with van der Waals surface area (Å²) in [6.07, 6.45) is 0. The number of rotatable bonds is 3. The van der Waals surface area contributed by atoms with Crippen LogP contribution in [0.5, 0.6) is 0 Å². The summed E-state index contributed by atoms with van der Waals surface area (Å²) in [4.78, 5) is 12.4. The lowest BCUT2D eigenvalue weighted by Gasteiger charge is -2.11. The number of nitrogens with one attached hydrogen (secondary N) is 2. The van der Waals surface area contributed by atoms with Crippen LogP contribution >= 0.6 is 0 Å². The van der Waals surface area contributed by atoms with Crippen molar-refractivity contribution in [1.82, 2.24) is 0 Å². The standard InChI is InChI=1S/C16H15N3O/c1-11-7-8-15(18-2)13(9-11)16(20)19-14-6-4-3-5-12(14)10-17/h3-9,18H,1-2H3,(H,19,20). The summed E-state index contributed by atoms with van der Waals surface area (Å²) in [5, 5.41) is 14.8. The Morgan fingerprint density at radius 2 is 1.90 bits per heavy atom. The minimum absolute atomic E-state index is 0.235. The van der Waals surface area contributed by atoms with E-state index in [4.69, 9.17) is 5.26 Å². The lowest BCUT2D eigenvalue weighted by Crippen LogP contribution is -2.15. The molecule has 0 aliphatic heterocycles. The van der Waals surface area contributed by atoms with Crippen molar-refractivity contribution in [2.45, 2.75) is 6.92 Å². The maximum absolute atomic E-state index is 12.4. The molecule has 0 heterocycles. The Hall–Kier alpha value is -2.80. The van der Waals surface area contributed by atoms with Crippen LogP contribution in [0.1, 0.15) is 21.5 Å². The monoisotopic (exact) mass is 265 g/mol. The van der Waals surface area contributed by atoms with Gasteiger partial charge in [-0.25, -0.2) is 0 Å². The van der Waals surface area contributed by atoms with Gasteiger partial charge in [-0.2, -0.15) is 5.26 Å². The molecular weight excluding hydrogens is 250 g/mol. The first kappa shape index (κ1) is 13.6. The molecule has 0 radical (unpaired) electrons. The van der Waals surface area contributed by atoms with Crippen molar-refractivity contribution in [3.8, 4) is 6.07 Å². The summed E-state index contributed by atoms with van der Waals surface area (Å²) in [6, 6.07) is 14.6. The molecule has 100 valence electrons. The molecule has 2 rings (SSSR count).